The molecule has 0 radical (unpaired) electrons. The standard InChI is InChI=1S/C15H13N3/c1-3-6-11(2)17-15-9-12(10-16)13-7-4-5-8-14(13)18-15/h1,4-5,7-9,11H,6H2,2H3,(H,17,18). The number of benzene rings is 1. The summed E-state index contributed by atoms with van der Waals surface area (Å²) < 4.78 is 0. The van der Waals surface area contributed by atoms with Crippen LogP contribution in [-0.2, 0) is 0 Å². The molecule has 0 fully saturated rings. The van der Waals surface area contributed by atoms with Crippen molar-refractivity contribution in [2.24, 2.45) is 0 Å². The van der Waals surface area contributed by atoms with Gasteiger partial charge in [-0.05, 0) is 19.1 Å². The third-order valence-electron chi connectivity index (χ3n) is 2.65. The molecule has 0 saturated heterocycles. The highest BCUT2D eigenvalue weighted by Gasteiger charge is 2.06. The van der Waals surface area contributed by atoms with E-state index in [0.29, 0.717) is 17.8 Å². The van der Waals surface area contributed by atoms with Crippen molar-refractivity contribution in [3.05, 3.63) is 35.9 Å². The van der Waals surface area contributed by atoms with E-state index in [4.69, 9.17) is 11.7 Å². The average molecular weight is 235 g/mol. The number of anilines is 1. The first-order valence-corrected chi connectivity index (χ1v) is 5.74. The summed E-state index contributed by atoms with van der Waals surface area (Å²) in [5.74, 6) is 3.29. The van der Waals surface area contributed by atoms with Crippen LogP contribution in [0.25, 0.3) is 10.9 Å². The van der Waals surface area contributed by atoms with Crippen LogP contribution < -0.4 is 5.32 Å². The van der Waals surface area contributed by atoms with Gasteiger partial charge in [-0.1, -0.05) is 18.2 Å². The van der Waals surface area contributed by atoms with Gasteiger partial charge in [0.2, 0.25) is 0 Å². The summed E-state index contributed by atoms with van der Waals surface area (Å²) in [6.45, 7) is 1.99. The highest BCUT2D eigenvalue weighted by molar-refractivity contribution is 5.86. The maximum Gasteiger partial charge on any atom is 0.128 e. The summed E-state index contributed by atoms with van der Waals surface area (Å²) in [6, 6.07) is 11.7. The Bertz CT molecular complexity index is 647. The molecule has 2 aromatic rings. The monoisotopic (exact) mass is 235 g/mol. The third-order valence-corrected chi connectivity index (χ3v) is 2.65. The van der Waals surface area contributed by atoms with E-state index in [0.717, 1.165) is 10.9 Å². The minimum Gasteiger partial charge on any atom is -0.367 e. The van der Waals surface area contributed by atoms with Crippen LogP contribution >= 0.6 is 0 Å². The van der Waals surface area contributed by atoms with Crippen LogP contribution in [0.15, 0.2) is 30.3 Å². The fraction of sp³-hybridized carbons (Fsp3) is 0.200. The van der Waals surface area contributed by atoms with E-state index in [-0.39, 0.29) is 6.04 Å². The zero-order valence-electron chi connectivity index (χ0n) is 10.1. The molecule has 2 rings (SSSR count). The number of terminal acetylenes is 1. The van der Waals surface area contributed by atoms with E-state index in [2.05, 4.69) is 22.3 Å². The van der Waals surface area contributed by atoms with Gasteiger partial charge in [0, 0.05) is 17.8 Å². The SMILES string of the molecule is C#CCC(C)Nc1cc(C#N)c2ccccc2n1. The molecular weight excluding hydrogens is 222 g/mol. The molecule has 1 atom stereocenters. The van der Waals surface area contributed by atoms with Crippen LogP contribution in [0, 0.1) is 23.7 Å². The first kappa shape index (κ1) is 12.0. The van der Waals surface area contributed by atoms with E-state index < -0.39 is 0 Å². The molecule has 3 nitrogen and oxygen atoms in total. The molecular formula is C15H13N3. The van der Waals surface area contributed by atoms with Gasteiger partial charge in [0.25, 0.3) is 0 Å². The van der Waals surface area contributed by atoms with Gasteiger partial charge in [-0.15, -0.1) is 12.3 Å². The van der Waals surface area contributed by atoms with Crippen LogP contribution in [0.4, 0.5) is 5.82 Å². The Hall–Kier alpha value is -2.52. The first-order valence-electron chi connectivity index (χ1n) is 5.74. The third kappa shape index (κ3) is 2.42. The molecule has 18 heavy (non-hydrogen) atoms. The molecule has 0 amide bonds. The minimum absolute atomic E-state index is 0.134. The van der Waals surface area contributed by atoms with Crippen LogP contribution in [-0.4, -0.2) is 11.0 Å². The maximum absolute atomic E-state index is 9.16. The lowest BCUT2D eigenvalue weighted by Gasteiger charge is -2.12. The Morgan fingerprint density at radius 2 is 2.22 bits per heavy atom. The van der Waals surface area contributed by atoms with Crippen molar-refractivity contribution in [3.63, 3.8) is 0 Å². The summed E-state index contributed by atoms with van der Waals surface area (Å²) in [7, 11) is 0. The number of para-hydroxylation sites is 1. The second kappa shape index (κ2) is 5.21. The summed E-state index contributed by atoms with van der Waals surface area (Å²) in [4.78, 5) is 4.48. The Labute approximate surface area is 106 Å². The number of nitrogens with zero attached hydrogens (tertiary/aromatic N) is 2. The number of hydrogen-bond acceptors (Lipinski definition) is 3. The number of rotatable bonds is 3. The zero-order valence-corrected chi connectivity index (χ0v) is 10.1. The molecule has 0 aliphatic carbocycles. The Morgan fingerprint density at radius 3 is 2.94 bits per heavy atom. The fourth-order valence-electron chi connectivity index (χ4n) is 1.82. The van der Waals surface area contributed by atoms with Crippen molar-refractivity contribution in [2.45, 2.75) is 19.4 Å². The quantitative estimate of drug-likeness (QED) is 0.832. The van der Waals surface area contributed by atoms with Crippen molar-refractivity contribution >= 4 is 16.7 Å². The molecule has 0 aliphatic rings. The molecule has 1 unspecified atom stereocenters. The fourth-order valence-corrected chi connectivity index (χ4v) is 1.82. The Morgan fingerprint density at radius 1 is 1.44 bits per heavy atom. The van der Waals surface area contributed by atoms with Crippen molar-refractivity contribution in [1.29, 1.82) is 5.26 Å². The number of aromatic nitrogens is 1. The number of fused-ring (bicyclic) bond motifs is 1. The van der Waals surface area contributed by atoms with Crippen LogP contribution in [0.1, 0.15) is 18.9 Å². The first-order chi connectivity index (χ1) is 8.74. The lowest BCUT2D eigenvalue weighted by atomic mass is 10.1. The van der Waals surface area contributed by atoms with E-state index in [1.807, 2.05) is 31.2 Å². The van der Waals surface area contributed by atoms with Crippen LogP contribution in [0.5, 0.6) is 0 Å². The number of pyridine rings is 1. The Kier molecular flexibility index (Phi) is 3.46. The van der Waals surface area contributed by atoms with Crippen molar-refractivity contribution in [1.82, 2.24) is 4.98 Å². The van der Waals surface area contributed by atoms with Gasteiger partial charge in [-0.3, -0.25) is 0 Å². The average Bonchev–Trinajstić information content (AvgIpc) is 2.38. The molecule has 1 N–H and O–H groups in total. The van der Waals surface area contributed by atoms with Gasteiger partial charge in [0.1, 0.15) is 5.82 Å². The maximum atomic E-state index is 9.16. The molecule has 0 aliphatic heterocycles. The van der Waals surface area contributed by atoms with Gasteiger partial charge in [0.05, 0.1) is 17.1 Å². The van der Waals surface area contributed by atoms with Gasteiger partial charge in [-0.2, -0.15) is 5.26 Å². The van der Waals surface area contributed by atoms with Gasteiger partial charge in [0.15, 0.2) is 0 Å². The van der Waals surface area contributed by atoms with E-state index in [1.54, 1.807) is 6.07 Å². The number of nitrogens with one attached hydrogen (secondary N) is 1. The summed E-state index contributed by atoms with van der Waals surface area (Å²) >= 11 is 0. The second-order valence-corrected chi connectivity index (χ2v) is 4.14. The molecule has 1 heterocycles. The van der Waals surface area contributed by atoms with Gasteiger partial charge >= 0.3 is 0 Å². The summed E-state index contributed by atoms with van der Waals surface area (Å²) in [5, 5.41) is 13.2. The minimum atomic E-state index is 0.134. The smallest absolute Gasteiger partial charge is 0.128 e. The van der Waals surface area contributed by atoms with Crippen LogP contribution in [0.2, 0.25) is 0 Å². The summed E-state index contributed by atoms with van der Waals surface area (Å²) in [5.41, 5.74) is 1.43. The largest absolute Gasteiger partial charge is 0.367 e. The van der Waals surface area contributed by atoms with Crippen molar-refractivity contribution < 1.29 is 0 Å². The van der Waals surface area contributed by atoms with E-state index in [9.17, 15) is 0 Å². The molecule has 1 aromatic carbocycles. The van der Waals surface area contributed by atoms with Crippen molar-refractivity contribution in [3.8, 4) is 18.4 Å². The normalized spacial score (nSPS) is 11.5. The molecule has 0 bridgehead atoms. The predicted octanol–water partition coefficient (Wildman–Crippen LogP) is 2.93. The number of nitriles is 1. The van der Waals surface area contributed by atoms with E-state index >= 15 is 0 Å². The van der Waals surface area contributed by atoms with Crippen LogP contribution in [0.3, 0.4) is 0 Å². The van der Waals surface area contributed by atoms with Gasteiger partial charge in [-0.25, -0.2) is 4.98 Å². The molecule has 0 spiro atoms. The highest BCUT2D eigenvalue weighted by atomic mass is 15.0. The lowest BCUT2D eigenvalue weighted by molar-refractivity contribution is 0.823. The molecule has 88 valence electrons. The summed E-state index contributed by atoms with van der Waals surface area (Å²) in [6.07, 6.45) is 5.89. The highest BCUT2D eigenvalue weighted by Crippen LogP contribution is 2.20. The lowest BCUT2D eigenvalue weighted by Crippen LogP contribution is -2.15. The van der Waals surface area contributed by atoms with E-state index in [1.165, 1.54) is 0 Å². The Balaban J connectivity index is 2.42. The number of hydrogen-bond donors (Lipinski definition) is 1. The zero-order chi connectivity index (χ0) is 13.0. The molecule has 3 heteroatoms. The molecule has 1 aromatic heterocycles. The van der Waals surface area contributed by atoms with Crippen molar-refractivity contribution in [2.75, 3.05) is 5.32 Å². The van der Waals surface area contributed by atoms with Gasteiger partial charge < -0.3 is 5.32 Å². The topological polar surface area (TPSA) is 48.7 Å². The predicted molar refractivity (Wildman–Crippen MR) is 73.0 cm³/mol. The molecule has 0 saturated carbocycles. The second-order valence-electron chi connectivity index (χ2n) is 4.14.